The molecule has 0 aliphatic carbocycles. The topological polar surface area (TPSA) is 62.1 Å². The van der Waals surface area contributed by atoms with Gasteiger partial charge in [0, 0.05) is 0 Å². The molecule has 0 bridgehead atoms. The SMILES string of the molecule is O=NN(OO)c1ccccc1. The van der Waals surface area contributed by atoms with Crippen molar-refractivity contribution in [2.75, 3.05) is 5.17 Å². The molecule has 0 unspecified atom stereocenters. The van der Waals surface area contributed by atoms with Crippen LogP contribution in [0.15, 0.2) is 35.6 Å². The molecule has 0 saturated heterocycles. The summed E-state index contributed by atoms with van der Waals surface area (Å²) in [6, 6.07) is 8.28. The molecule has 0 atom stereocenters. The van der Waals surface area contributed by atoms with Gasteiger partial charge in [-0.3, -0.25) is 0 Å². The maximum atomic E-state index is 9.93. The molecule has 58 valence electrons. The standard InChI is InChI=1S/C6H6N2O3/c9-7-8(11-10)6-4-2-1-3-5-6/h1-5,10H. The van der Waals surface area contributed by atoms with Crippen LogP contribution in [-0.4, -0.2) is 5.26 Å². The molecule has 1 aromatic carbocycles. The van der Waals surface area contributed by atoms with Crippen molar-refractivity contribution < 1.29 is 10.2 Å². The van der Waals surface area contributed by atoms with E-state index in [2.05, 4.69) is 10.3 Å². The van der Waals surface area contributed by atoms with Crippen molar-refractivity contribution in [2.24, 2.45) is 5.29 Å². The quantitative estimate of drug-likeness (QED) is 0.408. The summed E-state index contributed by atoms with van der Waals surface area (Å²) in [6.45, 7) is 0. The highest BCUT2D eigenvalue weighted by atomic mass is 17.2. The Bertz CT molecular complexity index is 227. The lowest BCUT2D eigenvalue weighted by atomic mass is 10.3. The van der Waals surface area contributed by atoms with E-state index < -0.39 is 0 Å². The van der Waals surface area contributed by atoms with Crippen molar-refractivity contribution in [1.29, 1.82) is 0 Å². The number of benzene rings is 1. The maximum Gasteiger partial charge on any atom is 0.0965 e. The summed E-state index contributed by atoms with van der Waals surface area (Å²) in [6.07, 6.45) is 0. The molecule has 1 aromatic rings. The zero-order valence-electron chi connectivity index (χ0n) is 5.54. The number of anilines is 1. The van der Waals surface area contributed by atoms with Crippen LogP contribution in [0.5, 0.6) is 0 Å². The van der Waals surface area contributed by atoms with Gasteiger partial charge in [0.15, 0.2) is 0 Å². The Hall–Kier alpha value is -1.46. The van der Waals surface area contributed by atoms with Gasteiger partial charge in [0.2, 0.25) is 0 Å². The Morgan fingerprint density at radius 3 is 2.45 bits per heavy atom. The van der Waals surface area contributed by atoms with E-state index in [4.69, 9.17) is 5.26 Å². The Labute approximate surface area is 62.6 Å². The average Bonchev–Trinajstić information content (AvgIpc) is 2.09. The van der Waals surface area contributed by atoms with E-state index in [0.717, 1.165) is 0 Å². The van der Waals surface area contributed by atoms with Crippen LogP contribution in [-0.2, 0) is 4.99 Å². The summed E-state index contributed by atoms with van der Waals surface area (Å²) >= 11 is 0. The molecule has 0 heterocycles. The number of para-hydroxylation sites is 1. The third-order valence-corrected chi connectivity index (χ3v) is 1.13. The molecular formula is C6H6N2O3. The van der Waals surface area contributed by atoms with Gasteiger partial charge in [-0.1, -0.05) is 28.4 Å². The largest absolute Gasteiger partial charge is 0.226 e. The first-order chi connectivity index (χ1) is 5.38. The third kappa shape index (κ3) is 1.73. The number of hydrogen-bond acceptors (Lipinski definition) is 4. The summed E-state index contributed by atoms with van der Waals surface area (Å²) in [4.78, 5) is 13.6. The molecule has 0 radical (unpaired) electrons. The Kier molecular flexibility index (Phi) is 2.53. The molecule has 0 aromatic heterocycles. The van der Waals surface area contributed by atoms with Gasteiger partial charge in [-0.05, 0) is 12.1 Å². The van der Waals surface area contributed by atoms with Crippen LogP contribution >= 0.6 is 0 Å². The molecule has 1 rings (SSSR count). The minimum atomic E-state index is 0.366. The van der Waals surface area contributed by atoms with E-state index in [9.17, 15) is 4.91 Å². The second-order valence-corrected chi connectivity index (χ2v) is 1.77. The van der Waals surface area contributed by atoms with Crippen molar-refractivity contribution in [3.63, 3.8) is 0 Å². The first-order valence-corrected chi connectivity index (χ1v) is 2.88. The van der Waals surface area contributed by atoms with Crippen LogP contribution < -0.4 is 5.17 Å². The van der Waals surface area contributed by atoms with Crippen molar-refractivity contribution in [2.45, 2.75) is 0 Å². The molecule has 5 nitrogen and oxygen atoms in total. The second kappa shape index (κ2) is 3.65. The highest BCUT2D eigenvalue weighted by Crippen LogP contribution is 2.12. The minimum Gasteiger partial charge on any atom is -0.226 e. The van der Waals surface area contributed by atoms with Gasteiger partial charge >= 0.3 is 0 Å². The van der Waals surface area contributed by atoms with E-state index in [1.165, 1.54) is 0 Å². The van der Waals surface area contributed by atoms with Gasteiger partial charge in [-0.25, -0.2) is 5.26 Å². The number of rotatable bonds is 3. The number of nitrogens with zero attached hydrogens (tertiary/aromatic N) is 2. The maximum absolute atomic E-state index is 9.93. The van der Waals surface area contributed by atoms with E-state index in [1.807, 2.05) is 0 Å². The lowest BCUT2D eigenvalue weighted by Crippen LogP contribution is -2.12. The molecule has 0 spiro atoms. The Balaban J connectivity index is 2.82. The van der Waals surface area contributed by atoms with Crippen molar-refractivity contribution >= 4 is 5.69 Å². The van der Waals surface area contributed by atoms with Crippen molar-refractivity contribution in [1.82, 2.24) is 0 Å². The lowest BCUT2D eigenvalue weighted by molar-refractivity contribution is -0.254. The van der Waals surface area contributed by atoms with Crippen LogP contribution in [0, 0.1) is 4.91 Å². The number of hydrogen-bond donors (Lipinski definition) is 1. The molecule has 5 heteroatoms. The highest BCUT2D eigenvalue weighted by molar-refractivity contribution is 5.41. The van der Waals surface area contributed by atoms with Gasteiger partial charge in [0.25, 0.3) is 0 Å². The summed E-state index contributed by atoms with van der Waals surface area (Å²) in [5.74, 6) is 0. The van der Waals surface area contributed by atoms with Crippen LogP contribution in [0.25, 0.3) is 0 Å². The van der Waals surface area contributed by atoms with Crippen molar-refractivity contribution in [3.05, 3.63) is 35.2 Å². The minimum absolute atomic E-state index is 0.366. The van der Waals surface area contributed by atoms with Crippen LogP contribution in [0.3, 0.4) is 0 Å². The molecule has 0 amide bonds. The smallest absolute Gasteiger partial charge is 0.0965 e. The monoisotopic (exact) mass is 154 g/mol. The Morgan fingerprint density at radius 2 is 2.00 bits per heavy atom. The average molecular weight is 154 g/mol. The van der Waals surface area contributed by atoms with Gasteiger partial charge in [-0.15, -0.1) is 4.91 Å². The van der Waals surface area contributed by atoms with Gasteiger partial charge in [0.05, 0.1) is 11.0 Å². The second-order valence-electron chi connectivity index (χ2n) is 1.77. The Morgan fingerprint density at radius 1 is 1.36 bits per heavy atom. The first kappa shape index (κ1) is 7.64. The predicted octanol–water partition coefficient (Wildman–Crippen LogP) is 1.58. The summed E-state index contributed by atoms with van der Waals surface area (Å²) in [7, 11) is 0. The summed E-state index contributed by atoms with van der Waals surface area (Å²) < 4.78 is 0. The van der Waals surface area contributed by atoms with E-state index in [1.54, 1.807) is 30.3 Å². The van der Waals surface area contributed by atoms with E-state index in [-0.39, 0.29) is 0 Å². The predicted molar refractivity (Wildman–Crippen MR) is 38.4 cm³/mol. The normalized spacial score (nSPS) is 9.18. The molecule has 1 N–H and O–H groups in total. The molecule has 0 aliphatic heterocycles. The van der Waals surface area contributed by atoms with E-state index >= 15 is 0 Å². The molecule has 0 saturated carbocycles. The summed E-state index contributed by atoms with van der Waals surface area (Å²) in [5, 5.41) is 11.0. The van der Waals surface area contributed by atoms with Gasteiger partial charge in [0.1, 0.15) is 0 Å². The zero-order chi connectivity index (χ0) is 8.10. The summed E-state index contributed by atoms with van der Waals surface area (Å²) in [5.41, 5.74) is 0.366. The van der Waals surface area contributed by atoms with Crippen LogP contribution in [0.4, 0.5) is 5.69 Å². The van der Waals surface area contributed by atoms with Gasteiger partial charge in [-0.2, -0.15) is 0 Å². The van der Waals surface area contributed by atoms with E-state index in [0.29, 0.717) is 10.9 Å². The fourth-order valence-corrected chi connectivity index (χ4v) is 0.665. The van der Waals surface area contributed by atoms with Crippen molar-refractivity contribution in [3.8, 4) is 0 Å². The lowest BCUT2D eigenvalue weighted by Gasteiger charge is -2.07. The molecular weight excluding hydrogens is 148 g/mol. The highest BCUT2D eigenvalue weighted by Gasteiger charge is 2.03. The van der Waals surface area contributed by atoms with Crippen LogP contribution in [0.2, 0.25) is 0 Å². The zero-order valence-corrected chi connectivity index (χ0v) is 5.54. The third-order valence-electron chi connectivity index (χ3n) is 1.13. The number of nitroso groups, excluding NO2 is 1. The molecule has 0 fully saturated rings. The fourth-order valence-electron chi connectivity index (χ4n) is 0.665. The first-order valence-electron chi connectivity index (χ1n) is 2.88. The fraction of sp³-hybridized carbons (Fsp3) is 0. The molecule has 0 aliphatic rings. The van der Waals surface area contributed by atoms with Crippen LogP contribution in [0.1, 0.15) is 0 Å². The molecule has 11 heavy (non-hydrogen) atoms. The van der Waals surface area contributed by atoms with Gasteiger partial charge < -0.3 is 0 Å².